The van der Waals surface area contributed by atoms with Gasteiger partial charge in [0.05, 0.1) is 23.7 Å². The fourth-order valence-electron chi connectivity index (χ4n) is 4.51. The van der Waals surface area contributed by atoms with Gasteiger partial charge in [-0.15, -0.1) is 11.3 Å². The first-order chi connectivity index (χ1) is 16.8. The third-order valence-electron chi connectivity index (χ3n) is 6.31. The van der Waals surface area contributed by atoms with E-state index < -0.39 is 23.2 Å². The fourth-order valence-corrected chi connectivity index (χ4v) is 5.80. The fraction of sp³-hybridized carbons (Fsp3) is 0.292. The Bertz CT molecular complexity index is 1500. The van der Waals surface area contributed by atoms with E-state index in [1.807, 2.05) is 6.07 Å². The van der Waals surface area contributed by atoms with Crippen LogP contribution in [0.1, 0.15) is 58.0 Å². The van der Waals surface area contributed by atoms with Crippen LogP contribution < -0.4 is 21.3 Å². The first-order valence-corrected chi connectivity index (χ1v) is 11.9. The highest BCUT2D eigenvalue weighted by Gasteiger charge is 2.32. The number of hydrogen-bond acceptors (Lipinski definition) is 7. The number of primary amides is 1. The van der Waals surface area contributed by atoms with E-state index in [0.29, 0.717) is 23.4 Å². The average molecular weight is 495 g/mol. The molecule has 1 saturated carbocycles. The van der Waals surface area contributed by atoms with Crippen molar-refractivity contribution in [1.29, 1.82) is 0 Å². The average Bonchev–Trinajstić information content (AvgIpc) is 3.59. The molecule has 180 valence electrons. The number of benzene rings is 1. The molecule has 2 heterocycles. The van der Waals surface area contributed by atoms with Crippen LogP contribution in [-0.4, -0.2) is 40.7 Å². The Morgan fingerprint density at radius 3 is 2.69 bits per heavy atom. The first-order valence-electron chi connectivity index (χ1n) is 11.1. The summed E-state index contributed by atoms with van der Waals surface area (Å²) in [5.74, 6) is -2.63. The van der Waals surface area contributed by atoms with Gasteiger partial charge in [-0.05, 0) is 55.7 Å². The molecule has 0 bridgehead atoms. The Kier molecular flexibility index (Phi) is 5.64. The molecule has 2 aliphatic carbocycles. The van der Waals surface area contributed by atoms with Crippen LogP contribution >= 0.6 is 11.3 Å². The molecule has 5 N–H and O–H groups in total. The summed E-state index contributed by atoms with van der Waals surface area (Å²) in [5.41, 5.74) is 10.1. The topological polar surface area (TPSA) is 164 Å². The molecule has 11 heteroatoms. The van der Waals surface area contributed by atoms with Crippen LogP contribution in [0.15, 0.2) is 28.2 Å². The Morgan fingerprint density at radius 2 is 2.03 bits per heavy atom. The largest absolute Gasteiger partial charge is 0.494 e. The molecule has 2 amide bonds. The van der Waals surface area contributed by atoms with Gasteiger partial charge in [0.2, 0.25) is 5.43 Å². The number of aromatic carboxylic acids is 1. The summed E-state index contributed by atoms with van der Waals surface area (Å²) >= 11 is 1.59. The zero-order valence-corrected chi connectivity index (χ0v) is 19.6. The van der Waals surface area contributed by atoms with Crippen LogP contribution in [0.5, 0.6) is 5.75 Å². The zero-order chi connectivity index (χ0) is 24.9. The lowest BCUT2D eigenvalue weighted by Crippen LogP contribution is -2.33. The number of carboxylic acid groups (broad SMARTS) is 1. The van der Waals surface area contributed by atoms with Gasteiger partial charge < -0.3 is 20.6 Å². The van der Waals surface area contributed by atoms with Gasteiger partial charge in [0.1, 0.15) is 5.56 Å². The van der Waals surface area contributed by atoms with E-state index in [4.69, 9.17) is 10.5 Å². The number of ether oxygens (including phenoxy) is 1. The van der Waals surface area contributed by atoms with E-state index in [1.165, 1.54) is 13.3 Å². The summed E-state index contributed by atoms with van der Waals surface area (Å²) in [6.45, 7) is 0. The molecule has 3 aromatic rings. The zero-order valence-electron chi connectivity index (χ0n) is 18.8. The number of rotatable bonds is 5. The van der Waals surface area contributed by atoms with E-state index in [2.05, 4.69) is 15.5 Å². The maximum absolute atomic E-state index is 12.9. The lowest BCUT2D eigenvalue weighted by Gasteiger charge is -2.16. The normalized spacial score (nSPS) is 16.2. The molecule has 1 aromatic carbocycles. The maximum Gasteiger partial charge on any atom is 0.341 e. The molecule has 2 aromatic heterocycles. The summed E-state index contributed by atoms with van der Waals surface area (Å²) in [7, 11) is 1.53. The van der Waals surface area contributed by atoms with Gasteiger partial charge >= 0.3 is 17.8 Å². The number of nitrogens with two attached hydrogens (primary N) is 1. The number of thiophene rings is 1. The second-order valence-electron chi connectivity index (χ2n) is 8.57. The number of methoxy groups -OCH3 is 1. The minimum Gasteiger partial charge on any atom is -0.494 e. The number of carbonyl (C=O) groups is 3. The number of aryl methyl sites for hydroxylation is 1. The minimum absolute atomic E-state index is 0.248. The number of nitrogens with one attached hydrogen (secondary N) is 2. The Morgan fingerprint density at radius 1 is 1.26 bits per heavy atom. The number of H-pyrrole nitrogens is 1. The molecule has 0 saturated heterocycles. The van der Waals surface area contributed by atoms with E-state index in [1.54, 1.807) is 17.4 Å². The van der Waals surface area contributed by atoms with Gasteiger partial charge in [-0.25, -0.2) is 10.2 Å². The van der Waals surface area contributed by atoms with Crippen LogP contribution in [-0.2, 0) is 16.0 Å². The molecule has 0 atom stereocenters. The summed E-state index contributed by atoms with van der Waals surface area (Å²) < 4.78 is 5.80. The van der Waals surface area contributed by atoms with Gasteiger partial charge in [0, 0.05) is 27.1 Å². The van der Waals surface area contributed by atoms with E-state index in [0.717, 1.165) is 52.1 Å². The van der Waals surface area contributed by atoms with Crippen molar-refractivity contribution < 1.29 is 24.2 Å². The van der Waals surface area contributed by atoms with Crippen LogP contribution in [0.3, 0.4) is 0 Å². The number of carboxylic acids is 1. The molecular formula is C24H22N4O6S. The third kappa shape index (κ3) is 3.97. The van der Waals surface area contributed by atoms with E-state index >= 15 is 0 Å². The van der Waals surface area contributed by atoms with Gasteiger partial charge in [-0.2, -0.15) is 5.10 Å². The minimum atomic E-state index is -1.29. The number of amides is 2. The van der Waals surface area contributed by atoms with Crippen molar-refractivity contribution in [3.63, 3.8) is 0 Å². The van der Waals surface area contributed by atoms with E-state index in [-0.39, 0.29) is 16.9 Å². The number of nitrogens with zero attached hydrogens (tertiary/aromatic N) is 1. The number of fused-ring (bicyclic) bond motifs is 2. The van der Waals surface area contributed by atoms with Crippen molar-refractivity contribution in [2.45, 2.75) is 38.0 Å². The second-order valence-corrected chi connectivity index (χ2v) is 9.71. The first kappa shape index (κ1) is 22.8. The molecule has 0 unspecified atom stereocenters. The number of pyridine rings is 1. The third-order valence-corrected chi connectivity index (χ3v) is 7.53. The van der Waals surface area contributed by atoms with Crippen molar-refractivity contribution in [2.24, 2.45) is 10.8 Å². The van der Waals surface area contributed by atoms with Crippen molar-refractivity contribution in [1.82, 2.24) is 10.4 Å². The highest BCUT2D eigenvalue weighted by atomic mass is 32.1. The lowest BCUT2D eigenvalue weighted by molar-refractivity contribution is -0.137. The van der Waals surface area contributed by atoms with Gasteiger partial charge in [0.25, 0.3) is 0 Å². The van der Waals surface area contributed by atoms with Crippen molar-refractivity contribution in [2.75, 3.05) is 7.11 Å². The maximum atomic E-state index is 12.9. The molecule has 0 aliphatic heterocycles. The summed E-state index contributed by atoms with van der Waals surface area (Å²) in [4.78, 5) is 52.0. The lowest BCUT2D eigenvalue weighted by atomic mass is 9.94. The predicted molar refractivity (Wildman–Crippen MR) is 130 cm³/mol. The molecular weight excluding hydrogens is 472 g/mol. The molecule has 35 heavy (non-hydrogen) atoms. The summed E-state index contributed by atoms with van der Waals surface area (Å²) in [6, 6.07) is 3.78. The smallest absolute Gasteiger partial charge is 0.341 e. The quantitative estimate of drug-likeness (QED) is 0.314. The van der Waals surface area contributed by atoms with E-state index in [9.17, 15) is 24.3 Å². The molecule has 0 radical (unpaired) electrons. The summed E-state index contributed by atoms with van der Waals surface area (Å²) in [5, 5.41) is 13.8. The number of aromatic amines is 1. The number of hydrogen-bond donors (Lipinski definition) is 4. The Balaban J connectivity index is 1.69. The number of hydrazone groups is 1. The van der Waals surface area contributed by atoms with Crippen molar-refractivity contribution in [3.8, 4) is 16.2 Å². The van der Waals surface area contributed by atoms with Crippen LogP contribution in [0, 0.1) is 0 Å². The SMILES string of the molecule is COc1c(-c2cc3c(s2)CCC/C3=N\NC(=O)C(N)=O)c(C2CC2)cc2c(=O)c(C(=O)O)c[nH]c12. The van der Waals surface area contributed by atoms with Crippen LogP contribution in [0.4, 0.5) is 0 Å². The molecule has 1 fully saturated rings. The Hall–Kier alpha value is -3.99. The standard InChI is InChI=1S/C24H22N4O6S/c1-34-21-18(11(10-5-6-10)7-13-19(21)26-9-14(20(13)29)24(32)33)17-8-12-15(3-2-4-16(12)35-17)27-28-23(31)22(25)30/h7-10H,2-6H2,1H3,(H2,25,30)(H,26,29)(H,28,31)(H,32,33)/b27-15+. The molecule has 0 spiro atoms. The second kappa shape index (κ2) is 8.66. The van der Waals surface area contributed by atoms with Gasteiger partial charge in [0.15, 0.2) is 5.75 Å². The van der Waals surface area contributed by atoms with Crippen LogP contribution in [0.2, 0.25) is 0 Å². The molecule has 5 rings (SSSR count). The van der Waals surface area contributed by atoms with Crippen LogP contribution in [0.25, 0.3) is 21.3 Å². The molecule has 10 nitrogen and oxygen atoms in total. The van der Waals surface area contributed by atoms with Crippen molar-refractivity contribution >= 4 is 45.7 Å². The van der Waals surface area contributed by atoms with Crippen molar-refractivity contribution in [3.05, 3.63) is 50.1 Å². The number of carbonyl (C=O) groups excluding carboxylic acids is 2. The molecule has 2 aliphatic rings. The number of aromatic nitrogens is 1. The van der Waals surface area contributed by atoms with Gasteiger partial charge in [-0.1, -0.05) is 0 Å². The highest BCUT2D eigenvalue weighted by Crippen LogP contribution is 2.51. The summed E-state index contributed by atoms with van der Waals surface area (Å²) in [6.07, 6.45) is 5.45. The Labute approximate surface area is 202 Å². The van der Waals surface area contributed by atoms with Gasteiger partial charge in [-0.3, -0.25) is 14.4 Å². The monoisotopic (exact) mass is 494 g/mol. The predicted octanol–water partition coefficient (Wildman–Crippen LogP) is 2.48. The highest BCUT2D eigenvalue weighted by molar-refractivity contribution is 7.16.